The van der Waals surface area contributed by atoms with E-state index in [1.54, 1.807) is 18.2 Å². The molecule has 0 aliphatic rings. The van der Waals surface area contributed by atoms with Crippen LogP contribution in [-0.2, 0) is 24.3 Å². The van der Waals surface area contributed by atoms with E-state index in [4.69, 9.17) is 0 Å². The topological polar surface area (TPSA) is 128 Å². The van der Waals surface area contributed by atoms with E-state index in [9.17, 15) is 22.8 Å². The van der Waals surface area contributed by atoms with Crippen LogP contribution in [0.2, 0.25) is 0 Å². The molecule has 0 saturated heterocycles. The van der Waals surface area contributed by atoms with Gasteiger partial charge in [-0.05, 0) is 48.0 Å². The number of hydrogen-bond acceptors (Lipinski definition) is 7. The summed E-state index contributed by atoms with van der Waals surface area (Å²) in [6, 6.07) is 14.7. The molecule has 10 heteroatoms. The van der Waals surface area contributed by atoms with Crippen LogP contribution >= 0.6 is 0 Å². The molecule has 2 N–H and O–H groups in total. The molecule has 172 valence electrons. The summed E-state index contributed by atoms with van der Waals surface area (Å²) in [5.41, 5.74) is 0.125. The maximum Gasteiger partial charge on any atom is 0.337 e. The number of amides is 1. The average Bonchev–Trinajstić information content (AvgIpc) is 2.82. The number of rotatable bonds is 7. The van der Waals surface area contributed by atoms with Gasteiger partial charge in [0.05, 0.1) is 36.3 Å². The second-order valence-corrected chi connectivity index (χ2v) is 8.84. The summed E-state index contributed by atoms with van der Waals surface area (Å²) in [7, 11) is -1.65. The Labute approximate surface area is 190 Å². The second kappa shape index (κ2) is 9.80. The molecule has 0 unspecified atom stereocenters. The van der Waals surface area contributed by atoms with Crippen LogP contribution in [0.5, 0.6) is 0 Å². The van der Waals surface area contributed by atoms with Gasteiger partial charge < -0.3 is 14.8 Å². The maximum absolute atomic E-state index is 12.8. The van der Waals surface area contributed by atoms with Crippen molar-refractivity contribution in [2.45, 2.75) is 17.9 Å². The van der Waals surface area contributed by atoms with Crippen LogP contribution in [0.4, 0.5) is 5.69 Å². The molecule has 0 aliphatic heterocycles. The van der Waals surface area contributed by atoms with Crippen molar-refractivity contribution in [3.63, 3.8) is 0 Å². The minimum Gasteiger partial charge on any atom is -0.465 e. The van der Waals surface area contributed by atoms with Crippen molar-refractivity contribution in [3.05, 3.63) is 71.8 Å². The third-order valence-electron chi connectivity index (χ3n) is 4.80. The Kier molecular flexibility index (Phi) is 7.10. The fourth-order valence-electron chi connectivity index (χ4n) is 3.11. The molecule has 0 fully saturated rings. The molecule has 3 aromatic carbocycles. The average molecular weight is 471 g/mol. The monoisotopic (exact) mass is 470 g/mol. The molecule has 0 aromatic heterocycles. The molecule has 3 rings (SSSR count). The van der Waals surface area contributed by atoms with Crippen LogP contribution in [0.25, 0.3) is 10.8 Å². The minimum absolute atomic E-state index is 0.0140. The van der Waals surface area contributed by atoms with E-state index in [1.165, 1.54) is 51.5 Å². The van der Waals surface area contributed by atoms with E-state index in [0.29, 0.717) is 0 Å². The highest BCUT2D eigenvalue weighted by Gasteiger charge is 2.23. The molecule has 3 aromatic rings. The predicted octanol–water partition coefficient (Wildman–Crippen LogP) is 2.72. The Balaban J connectivity index is 1.80. The first-order chi connectivity index (χ1) is 15.6. The molecule has 9 nitrogen and oxygen atoms in total. The van der Waals surface area contributed by atoms with Gasteiger partial charge in [0.25, 0.3) is 0 Å². The summed E-state index contributed by atoms with van der Waals surface area (Å²) < 4.78 is 37.2. The van der Waals surface area contributed by atoms with Crippen LogP contribution in [0.15, 0.2) is 65.6 Å². The molecule has 1 amide bonds. The highest BCUT2D eigenvalue weighted by Crippen LogP contribution is 2.20. The van der Waals surface area contributed by atoms with Gasteiger partial charge >= 0.3 is 11.9 Å². The van der Waals surface area contributed by atoms with Gasteiger partial charge in [0, 0.05) is 5.69 Å². The molecule has 0 heterocycles. The quantitative estimate of drug-likeness (QED) is 0.508. The van der Waals surface area contributed by atoms with E-state index >= 15 is 0 Å². The molecule has 0 bridgehead atoms. The molecule has 33 heavy (non-hydrogen) atoms. The highest BCUT2D eigenvalue weighted by molar-refractivity contribution is 7.89. The lowest BCUT2D eigenvalue weighted by atomic mass is 10.1. The van der Waals surface area contributed by atoms with E-state index in [0.717, 1.165) is 10.8 Å². The molecule has 0 radical (unpaired) electrons. The third kappa shape index (κ3) is 5.54. The van der Waals surface area contributed by atoms with Gasteiger partial charge in [0.2, 0.25) is 15.9 Å². The summed E-state index contributed by atoms with van der Waals surface area (Å²) in [5, 5.41) is 4.13. The zero-order valence-corrected chi connectivity index (χ0v) is 18.9. The van der Waals surface area contributed by atoms with Gasteiger partial charge in [-0.2, -0.15) is 4.72 Å². The number of sulfonamides is 1. The van der Waals surface area contributed by atoms with Gasteiger partial charge in [-0.25, -0.2) is 18.0 Å². The smallest absolute Gasteiger partial charge is 0.337 e. The zero-order chi connectivity index (χ0) is 24.2. The lowest BCUT2D eigenvalue weighted by Gasteiger charge is -2.16. The van der Waals surface area contributed by atoms with Gasteiger partial charge in [0.1, 0.15) is 0 Å². The Morgan fingerprint density at radius 1 is 0.818 bits per heavy atom. The van der Waals surface area contributed by atoms with Crippen molar-refractivity contribution in [1.29, 1.82) is 0 Å². The van der Waals surface area contributed by atoms with Crippen molar-refractivity contribution < 1.29 is 32.3 Å². The van der Waals surface area contributed by atoms with E-state index in [2.05, 4.69) is 19.5 Å². The summed E-state index contributed by atoms with van der Waals surface area (Å²) in [6.45, 7) is 1.37. The Bertz CT molecular complexity index is 1300. The second-order valence-electron chi connectivity index (χ2n) is 7.12. The number of anilines is 1. The van der Waals surface area contributed by atoms with Crippen molar-refractivity contribution >= 4 is 44.3 Å². The first-order valence-corrected chi connectivity index (χ1v) is 11.3. The summed E-state index contributed by atoms with van der Waals surface area (Å²) >= 11 is 0. The molecular formula is C23H22N2O7S. The molecule has 0 spiro atoms. The lowest BCUT2D eigenvalue weighted by molar-refractivity contribution is -0.117. The fourth-order valence-corrected chi connectivity index (χ4v) is 4.35. The zero-order valence-electron chi connectivity index (χ0n) is 18.1. The Morgan fingerprint density at radius 3 is 1.97 bits per heavy atom. The van der Waals surface area contributed by atoms with Crippen molar-refractivity contribution in [3.8, 4) is 0 Å². The Hall–Kier alpha value is -3.76. The SMILES string of the molecule is COC(=O)c1cc(NC(=O)[C@@H](C)NS(=O)(=O)c2ccc3ccccc3c2)cc(C(=O)OC)c1. The highest BCUT2D eigenvalue weighted by atomic mass is 32.2. The largest absolute Gasteiger partial charge is 0.465 e. The number of carbonyl (C=O) groups excluding carboxylic acids is 3. The molecule has 0 aliphatic carbocycles. The predicted molar refractivity (Wildman–Crippen MR) is 121 cm³/mol. The fraction of sp³-hybridized carbons (Fsp3) is 0.174. The third-order valence-corrected chi connectivity index (χ3v) is 6.34. The van der Waals surface area contributed by atoms with E-state index < -0.39 is 33.9 Å². The number of nitrogens with one attached hydrogen (secondary N) is 2. The number of methoxy groups -OCH3 is 2. The van der Waals surface area contributed by atoms with Gasteiger partial charge in [-0.15, -0.1) is 0 Å². The minimum atomic E-state index is -4.00. The van der Waals surface area contributed by atoms with Crippen LogP contribution in [0, 0.1) is 0 Å². The summed E-state index contributed by atoms with van der Waals surface area (Å²) in [4.78, 5) is 36.5. The molecular weight excluding hydrogens is 448 g/mol. The number of hydrogen-bond donors (Lipinski definition) is 2. The number of benzene rings is 3. The van der Waals surface area contributed by atoms with E-state index in [1.807, 2.05) is 12.1 Å². The van der Waals surface area contributed by atoms with Gasteiger partial charge in [0.15, 0.2) is 0 Å². The van der Waals surface area contributed by atoms with Crippen molar-refractivity contribution in [2.75, 3.05) is 19.5 Å². The number of esters is 2. The standard InChI is InChI=1S/C23H22N2O7S/c1-14(25-33(29,30)20-9-8-15-6-4-5-7-16(15)13-20)21(26)24-19-11-17(22(27)31-2)10-18(12-19)23(28)32-3/h4-14,25H,1-3H3,(H,24,26)/t14-/m1/s1. The summed E-state index contributed by atoms with van der Waals surface area (Å²) in [5.74, 6) is -2.14. The number of carbonyl (C=O) groups is 3. The van der Waals surface area contributed by atoms with Crippen LogP contribution in [-0.4, -0.2) is 46.5 Å². The van der Waals surface area contributed by atoms with Crippen LogP contribution in [0.1, 0.15) is 27.6 Å². The molecule has 1 atom stereocenters. The van der Waals surface area contributed by atoms with Crippen LogP contribution in [0.3, 0.4) is 0 Å². The summed E-state index contributed by atoms with van der Waals surface area (Å²) in [6.07, 6.45) is 0. The van der Waals surface area contributed by atoms with Gasteiger partial charge in [-0.3, -0.25) is 4.79 Å². The molecule has 0 saturated carbocycles. The normalized spacial score (nSPS) is 12.1. The number of fused-ring (bicyclic) bond motifs is 1. The first-order valence-electron chi connectivity index (χ1n) is 9.78. The van der Waals surface area contributed by atoms with Crippen molar-refractivity contribution in [1.82, 2.24) is 4.72 Å². The van der Waals surface area contributed by atoms with E-state index in [-0.39, 0.29) is 21.7 Å². The van der Waals surface area contributed by atoms with Crippen LogP contribution < -0.4 is 10.0 Å². The maximum atomic E-state index is 12.8. The Morgan fingerprint density at radius 2 is 1.39 bits per heavy atom. The number of ether oxygens (including phenoxy) is 2. The van der Waals surface area contributed by atoms with Crippen molar-refractivity contribution in [2.24, 2.45) is 0 Å². The lowest BCUT2D eigenvalue weighted by Crippen LogP contribution is -2.41. The first kappa shape index (κ1) is 23.9. The van der Waals surface area contributed by atoms with Gasteiger partial charge in [-0.1, -0.05) is 30.3 Å².